The fourth-order valence-corrected chi connectivity index (χ4v) is 3.77. The molecular weight excluding hydrogens is 431 g/mol. The first kappa shape index (κ1) is 22.9. The molecule has 0 aliphatic heterocycles. The smallest absolute Gasteiger partial charge is 0.242 e. The summed E-state index contributed by atoms with van der Waals surface area (Å²) in [5.41, 5.74) is 2.67. The molecule has 4 nitrogen and oxygen atoms in total. The van der Waals surface area contributed by atoms with Crippen LogP contribution >= 0.6 is 23.2 Å². The van der Waals surface area contributed by atoms with E-state index < -0.39 is 6.04 Å². The zero-order valence-electron chi connectivity index (χ0n) is 17.2. The standard InChI is InChI=1S/C25H24Cl2N2O2/c1-28-25(31)23(15-18-6-3-2-4-7-18)29(17-19-10-12-21(26)13-11-19)24(30)16-20-8-5-9-22(27)14-20/h2-14,23H,15-17H2,1H3,(H,28,31). The van der Waals surface area contributed by atoms with Crippen molar-refractivity contribution in [1.82, 2.24) is 10.2 Å². The molecule has 0 bridgehead atoms. The van der Waals surface area contributed by atoms with Gasteiger partial charge in [-0.25, -0.2) is 0 Å². The third kappa shape index (κ3) is 6.58. The van der Waals surface area contributed by atoms with Gasteiger partial charge in [0.1, 0.15) is 6.04 Å². The molecule has 3 rings (SSSR count). The number of hydrogen-bond donors (Lipinski definition) is 1. The van der Waals surface area contributed by atoms with Crippen molar-refractivity contribution in [2.45, 2.75) is 25.4 Å². The Morgan fingerprint density at radius 1 is 0.839 bits per heavy atom. The van der Waals surface area contributed by atoms with E-state index in [-0.39, 0.29) is 18.2 Å². The number of nitrogens with zero attached hydrogens (tertiary/aromatic N) is 1. The number of rotatable bonds is 8. The second-order valence-corrected chi connectivity index (χ2v) is 8.15. The number of amides is 2. The van der Waals surface area contributed by atoms with Crippen molar-refractivity contribution in [3.05, 3.63) is 106 Å². The molecule has 0 aliphatic rings. The van der Waals surface area contributed by atoms with Crippen molar-refractivity contribution in [3.8, 4) is 0 Å². The maximum atomic E-state index is 13.4. The Morgan fingerprint density at radius 3 is 2.16 bits per heavy atom. The van der Waals surface area contributed by atoms with Crippen LogP contribution in [0.1, 0.15) is 16.7 Å². The van der Waals surface area contributed by atoms with Gasteiger partial charge in [-0.15, -0.1) is 0 Å². The average Bonchev–Trinajstić information content (AvgIpc) is 2.77. The highest BCUT2D eigenvalue weighted by Crippen LogP contribution is 2.19. The zero-order chi connectivity index (χ0) is 22.2. The summed E-state index contributed by atoms with van der Waals surface area (Å²) in [6.07, 6.45) is 0.561. The predicted molar refractivity (Wildman–Crippen MR) is 125 cm³/mol. The number of hydrogen-bond acceptors (Lipinski definition) is 2. The Labute approximate surface area is 192 Å². The third-order valence-electron chi connectivity index (χ3n) is 5.03. The Hall–Kier alpha value is -2.82. The molecule has 1 N–H and O–H groups in total. The van der Waals surface area contributed by atoms with Crippen LogP contribution in [-0.4, -0.2) is 29.8 Å². The van der Waals surface area contributed by atoms with E-state index in [0.717, 1.165) is 16.7 Å². The number of nitrogens with one attached hydrogen (secondary N) is 1. The molecule has 3 aromatic rings. The van der Waals surface area contributed by atoms with Crippen LogP contribution in [0.2, 0.25) is 10.0 Å². The highest BCUT2D eigenvalue weighted by molar-refractivity contribution is 6.30. The van der Waals surface area contributed by atoms with Gasteiger partial charge in [0, 0.05) is 30.1 Å². The molecule has 0 radical (unpaired) electrons. The van der Waals surface area contributed by atoms with Gasteiger partial charge in [-0.05, 0) is 41.0 Å². The van der Waals surface area contributed by atoms with Crippen LogP contribution in [0.15, 0.2) is 78.9 Å². The molecule has 0 aromatic heterocycles. The van der Waals surface area contributed by atoms with Crippen molar-refractivity contribution in [3.63, 3.8) is 0 Å². The lowest BCUT2D eigenvalue weighted by Crippen LogP contribution is -2.50. The largest absolute Gasteiger partial charge is 0.357 e. The second-order valence-electron chi connectivity index (χ2n) is 7.27. The molecule has 0 fully saturated rings. The summed E-state index contributed by atoms with van der Waals surface area (Å²) in [5.74, 6) is -0.362. The van der Waals surface area contributed by atoms with Crippen LogP contribution in [0.4, 0.5) is 0 Å². The van der Waals surface area contributed by atoms with Gasteiger partial charge in [0.2, 0.25) is 11.8 Å². The summed E-state index contributed by atoms with van der Waals surface area (Å²) in [7, 11) is 1.59. The molecule has 160 valence electrons. The Balaban J connectivity index is 1.93. The van der Waals surface area contributed by atoms with Gasteiger partial charge in [-0.1, -0.05) is 77.8 Å². The predicted octanol–water partition coefficient (Wildman–Crippen LogP) is 4.92. The normalized spacial score (nSPS) is 11.6. The van der Waals surface area contributed by atoms with Crippen molar-refractivity contribution in [1.29, 1.82) is 0 Å². The Morgan fingerprint density at radius 2 is 1.52 bits per heavy atom. The monoisotopic (exact) mass is 454 g/mol. The summed E-state index contributed by atoms with van der Waals surface area (Å²) in [6.45, 7) is 0.293. The minimum Gasteiger partial charge on any atom is -0.357 e. The van der Waals surface area contributed by atoms with Crippen LogP contribution in [-0.2, 0) is 29.0 Å². The lowest BCUT2D eigenvalue weighted by Gasteiger charge is -2.31. The molecule has 0 aliphatic carbocycles. The van der Waals surface area contributed by atoms with Gasteiger partial charge in [-0.3, -0.25) is 9.59 Å². The maximum Gasteiger partial charge on any atom is 0.242 e. The van der Waals surface area contributed by atoms with Crippen LogP contribution in [0.25, 0.3) is 0 Å². The summed E-state index contributed by atoms with van der Waals surface area (Å²) in [6, 6.07) is 23.5. The van der Waals surface area contributed by atoms with Crippen LogP contribution in [0, 0.1) is 0 Å². The quantitative estimate of drug-likeness (QED) is 0.524. The van der Waals surface area contributed by atoms with Gasteiger partial charge in [0.05, 0.1) is 6.42 Å². The fraction of sp³-hybridized carbons (Fsp3) is 0.200. The first-order valence-corrected chi connectivity index (χ1v) is 10.8. The first-order valence-electron chi connectivity index (χ1n) is 10.00. The van der Waals surface area contributed by atoms with Crippen LogP contribution in [0.3, 0.4) is 0 Å². The summed E-state index contributed by atoms with van der Waals surface area (Å²) >= 11 is 12.1. The van der Waals surface area contributed by atoms with Gasteiger partial charge >= 0.3 is 0 Å². The molecule has 0 heterocycles. The summed E-state index contributed by atoms with van der Waals surface area (Å²) in [4.78, 5) is 27.9. The number of likely N-dealkylation sites (N-methyl/N-ethyl adjacent to an activating group) is 1. The molecule has 6 heteroatoms. The Bertz CT molecular complexity index is 1020. The first-order chi connectivity index (χ1) is 15.0. The van der Waals surface area contributed by atoms with Gasteiger partial charge in [0.15, 0.2) is 0 Å². The molecule has 31 heavy (non-hydrogen) atoms. The lowest BCUT2D eigenvalue weighted by atomic mass is 10.0. The Kier molecular flexibility index (Phi) is 8.10. The van der Waals surface area contributed by atoms with Crippen LogP contribution < -0.4 is 5.32 Å². The SMILES string of the molecule is CNC(=O)C(Cc1ccccc1)N(Cc1ccc(Cl)cc1)C(=O)Cc1cccc(Cl)c1. The van der Waals surface area contributed by atoms with Gasteiger partial charge in [0.25, 0.3) is 0 Å². The molecule has 1 unspecified atom stereocenters. The second kappa shape index (κ2) is 11.0. The average molecular weight is 455 g/mol. The summed E-state index contributed by atoms with van der Waals surface area (Å²) in [5, 5.41) is 3.90. The van der Waals surface area contributed by atoms with Crippen molar-refractivity contribution in [2.75, 3.05) is 7.05 Å². The van der Waals surface area contributed by atoms with Crippen LogP contribution in [0.5, 0.6) is 0 Å². The van der Waals surface area contributed by atoms with E-state index in [9.17, 15) is 9.59 Å². The molecule has 0 saturated carbocycles. The number of benzene rings is 3. The number of carbonyl (C=O) groups is 2. The van der Waals surface area contributed by atoms with E-state index in [1.807, 2.05) is 54.6 Å². The molecular formula is C25H24Cl2N2O2. The van der Waals surface area contributed by atoms with E-state index >= 15 is 0 Å². The molecule has 3 aromatic carbocycles. The van der Waals surface area contributed by atoms with E-state index in [2.05, 4.69) is 5.32 Å². The molecule has 0 saturated heterocycles. The van der Waals surface area contributed by atoms with E-state index in [4.69, 9.17) is 23.2 Å². The topological polar surface area (TPSA) is 49.4 Å². The van der Waals surface area contributed by atoms with Crippen molar-refractivity contribution >= 4 is 35.0 Å². The highest BCUT2D eigenvalue weighted by Gasteiger charge is 2.29. The van der Waals surface area contributed by atoms with E-state index in [1.165, 1.54) is 0 Å². The zero-order valence-corrected chi connectivity index (χ0v) is 18.7. The molecule has 2 amide bonds. The highest BCUT2D eigenvalue weighted by atomic mass is 35.5. The summed E-state index contributed by atoms with van der Waals surface area (Å²) < 4.78 is 0. The maximum absolute atomic E-state index is 13.4. The fourth-order valence-electron chi connectivity index (χ4n) is 3.43. The van der Waals surface area contributed by atoms with E-state index in [0.29, 0.717) is 23.0 Å². The number of carbonyl (C=O) groups excluding carboxylic acids is 2. The van der Waals surface area contributed by atoms with Crippen molar-refractivity contribution in [2.24, 2.45) is 0 Å². The van der Waals surface area contributed by atoms with Gasteiger partial charge in [-0.2, -0.15) is 0 Å². The molecule has 0 spiro atoms. The number of halogens is 2. The lowest BCUT2D eigenvalue weighted by molar-refractivity contribution is -0.140. The van der Waals surface area contributed by atoms with Crippen molar-refractivity contribution < 1.29 is 9.59 Å². The molecule has 1 atom stereocenters. The minimum atomic E-state index is -0.658. The van der Waals surface area contributed by atoms with E-state index in [1.54, 1.807) is 36.2 Å². The van der Waals surface area contributed by atoms with Gasteiger partial charge < -0.3 is 10.2 Å². The minimum absolute atomic E-state index is 0.149. The third-order valence-corrected chi connectivity index (χ3v) is 5.52.